The van der Waals surface area contributed by atoms with Crippen molar-refractivity contribution in [1.82, 2.24) is 10.6 Å². The molecule has 16 heavy (non-hydrogen) atoms. The summed E-state index contributed by atoms with van der Waals surface area (Å²) in [5.41, 5.74) is 0. The molecule has 0 saturated carbocycles. The molecular weight excluding hydrogens is 252 g/mol. The molecule has 0 radical (unpaired) electrons. The summed E-state index contributed by atoms with van der Waals surface area (Å²) >= 11 is 7.64. The Bertz CT molecular complexity index is 270. The van der Waals surface area contributed by atoms with Gasteiger partial charge in [-0.3, -0.25) is 9.59 Å². The highest BCUT2D eigenvalue weighted by Gasteiger charge is 2.16. The van der Waals surface area contributed by atoms with E-state index in [1.807, 2.05) is 0 Å². The van der Waals surface area contributed by atoms with E-state index in [2.05, 4.69) is 25.3 Å². The van der Waals surface area contributed by atoms with E-state index in [4.69, 9.17) is 13.0 Å². The molecule has 0 unspecified atom stereocenters. The van der Waals surface area contributed by atoms with E-state index in [-0.39, 0.29) is 24.6 Å². The number of hydrogen-bond donors (Lipinski definition) is 6. The molecule has 0 spiro atoms. The zero-order valence-electron chi connectivity index (χ0n) is 10.5. The summed E-state index contributed by atoms with van der Waals surface area (Å²) in [5, 5.41) is 19.1. The number of carboxylic acid groups (broad SMARTS) is 2. The van der Waals surface area contributed by atoms with Gasteiger partial charge in [0.1, 0.15) is 14.9 Å². The van der Waals surface area contributed by atoms with Crippen LogP contribution in [0.1, 0.15) is 0 Å². The molecule has 6 nitrogen and oxygen atoms in total. The first-order valence-corrected chi connectivity index (χ1v) is 5.80. The normalized spacial score (nSPS) is 16.8. The second kappa shape index (κ2) is 8.68. The molecule has 2 atom stereocenters. The van der Waals surface area contributed by atoms with Gasteiger partial charge in [0.15, 0.2) is 0 Å². The number of carbonyl (C=O) groups is 2. The largest absolute Gasteiger partial charge is 0.480 e. The minimum atomic E-state index is -1.18. The van der Waals surface area contributed by atoms with E-state index in [9.17, 15) is 9.59 Å². The zero-order valence-corrected chi connectivity index (χ0v) is 10.3. The van der Waals surface area contributed by atoms with Crippen LogP contribution in [0, 0.1) is 0 Å². The van der Waals surface area contributed by atoms with Crippen molar-refractivity contribution in [3.8, 4) is 0 Å². The molecule has 8 heteroatoms. The minimum absolute atomic E-state index is 0.0360. The van der Waals surface area contributed by atoms with Gasteiger partial charge in [0.05, 0.1) is 0 Å². The van der Waals surface area contributed by atoms with Gasteiger partial charge in [-0.15, -0.1) is 0 Å². The van der Waals surface area contributed by atoms with Crippen LogP contribution in [-0.4, -0.2) is 58.8 Å². The summed E-state index contributed by atoms with van der Waals surface area (Å²) in [6.45, 7) is -0.142. The number of aliphatic carboxylic acids is 2. The van der Waals surface area contributed by atoms with Crippen molar-refractivity contribution in [2.24, 2.45) is 0 Å². The van der Waals surface area contributed by atoms with E-state index < -0.39 is 24.0 Å². The first kappa shape index (κ1) is 12.0. The predicted molar refractivity (Wildman–Crippen MR) is 66.6 cm³/mol. The average Bonchev–Trinajstić information content (AvgIpc) is 2.27. The lowest BCUT2D eigenvalue weighted by Gasteiger charge is -2.14. The van der Waals surface area contributed by atoms with Gasteiger partial charge in [-0.2, -0.15) is 25.3 Å². The van der Waals surface area contributed by atoms with Crippen LogP contribution in [0.3, 0.4) is 0 Å². The fourth-order valence-corrected chi connectivity index (χ4v) is 1.40. The maximum atomic E-state index is 10.7. The topological polar surface area (TPSA) is 98.7 Å². The Balaban J connectivity index is 4.30. The average molecular weight is 270 g/mol. The lowest BCUT2D eigenvalue weighted by Crippen LogP contribution is -2.45. The van der Waals surface area contributed by atoms with Crippen LogP contribution < -0.4 is 10.6 Å². The van der Waals surface area contributed by atoms with Gasteiger partial charge in [-0.05, 0) is 0 Å². The smallest absolute Gasteiger partial charge is 0.321 e. The third kappa shape index (κ3) is 6.21. The van der Waals surface area contributed by atoms with Gasteiger partial charge in [0.25, 0.3) is 0 Å². The number of thiol groups is 2. The quantitative estimate of drug-likeness (QED) is 0.299. The molecule has 0 aliphatic rings. The third-order valence-electron chi connectivity index (χ3n) is 1.71. The lowest BCUT2D eigenvalue weighted by molar-refractivity contribution is -0.140. The van der Waals surface area contributed by atoms with Gasteiger partial charge < -0.3 is 20.8 Å². The van der Waals surface area contributed by atoms with Crippen LogP contribution >= 0.6 is 25.3 Å². The van der Waals surface area contributed by atoms with Crippen LogP contribution in [0.15, 0.2) is 0 Å². The second-order valence-corrected chi connectivity index (χ2v) is 3.62. The van der Waals surface area contributed by atoms with Gasteiger partial charge in [0.2, 0.25) is 0 Å². The molecule has 0 aromatic heterocycles. The summed E-state index contributed by atoms with van der Waals surface area (Å²) in [7, 11) is 0. The van der Waals surface area contributed by atoms with Crippen LogP contribution in [-0.2, 0) is 9.59 Å². The molecule has 0 saturated heterocycles. The highest BCUT2D eigenvalue weighted by molar-refractivity contribution is 7.80. The van der Waals surface area contributed by atoms with Crippen molar-refractivity contribution >= 4 is 37.2 Å². The van der Waals surface area contributed by atoms with E-state index in [0.29, 0.717) is 0 Å². The van der Waals surface area contributed by atoms with Gasteiger partial charge in [0, 0.05) is 24.6 Å². The standard InChI is InChI=1S/C8H16N2O4S2/c11-7(12)5(3-15)9-1-2-10-6(4-16)8(13)14/h5-6,9-10,15-16H,1-4H2,(H,11,12)(H,13,14)/t5-,6-/m0/s1/i/hD2. The summed E-state index contributed by atoms with van der Waals surface area (Å²) in [4.78, 5) is 21.5. The molecule has 0 aliphatic carbocycles. The molecule has 0 aliphatic heterocycles. The summed E-state index contributed by atoms with van der Waals surface area (Å²) in [6.07, 6.45) is 0. The van der Waals surface area contributed by atoms with Crippen LogP contribution in [0.5, 0.6) is 0 Å². The Morgan fingerprint density at radius 2 is 1.38 bits per heavy atom. The second-order valence-electron chi connectivity index (χ2n) is 2.89. The Morgan fingerprint density at radius 3 is 1.56 bits per heavy atom. The Labute approximate surface area is 108 Å². The molecule has 0 aromatic rings. The van der Waals surface area contributed by atoms with E-state index in [0.717, 1.165) is 10.6 Å². The first-order valence-electron chi connectivity index (χ1n) is 5.43. The Hall–Kier alpha value is -0.440. The van der Waals surface area contributed by atoms with Gasteiger partial charge >= 0.3 is 11.9 Å². The van der Waals surface area contributed by atoms with Crippen LogP contribution in [0.2, 0.25) is 2.82 Å². The maximum Gasteiger partial charge on any atom is 0.321 e. The van der Waals surface area contributed by atoms with Gasteiger partial charge in [-0.25, -0.2) is 0 Å². The summed E-state index contributed by atoms with van der Waals surface area (Å²) in [6, 6.07) is -2.16. The molecule has 0 bridgehead atoms. The Kier molecular flexibility index (Phi) is 6.53. The fraction of sp³-hybridized carbons (Fsp3) is 0.750. The minimum Gasteiger partial charge on any atom is -0.480 e. The maximum absolute atomic E-state index is 10.7. The monoisotopic (exact) mass is 270 g/mol. The number of rotatable bonds is 9. The molecule has 0 amide bonds. The highest BCUT2D eigenvalue weighted by atomic mass is 32.1. The molecule has 0 heterocycles. The summed E-state index contributed by atoms with van der Waals surface area (Å²) < 4.78 is 15.0. The van der Waals surface area contributed by atoms with Crippen molar-refractivity contribution in [3.63, 3.8) is 0 Å². The van der Waals surface area contributed by atoms with Crippen molar-refractivity contribution in [1.29, 1.82) is 0 Å². The molecule has 0 rings (SSSR count). The predicted octanol–water partition coefficient (Wildman–Crippen LogP) is -1.07. The van der Waals surface area contributed by atoms with Crippen molar-refractivity contribution in [2.75, 3.05) is 24.6 Å². The summed E-state index contributed by atoms with van der Waals surface area (Å²) in [5.74, 6) is -2.43. The van der Waals surface area contributed by atoms with Crippen molar-refractivity contribution < 1.29 is 22.6 Å². The van der Waals surface area contributed by atoms with Crippen molar-refractivity contribution in [2.45, 2.75) is 12.1 Å². The van der Waals surface area contributed by atoms with E-state index >= 15 is 0 Å². The number of carboxylic acids is 2. The van der Waals surface area contributed by atoms with E-state index in [1.165, 1.54) is 0 Å². The third-order valence-corrected chi connectivity index (χ3v) is 2.41. The van der Waals surface area contributed by atoms with Crippen LogP contribution in [0.25, 0.3) is 0 Å². The fourth-order valence-electron chi connectivity index (χ4n) is 0.855. The molecule has 4 N–H and O–H groups in total. The number of nitrogens with one attached hydrogen (secondary N) is 2. The highest BCUT2D eigenvalue weighted by Crippen LogP contribution is 1.89. The van der Waals surface area contributed by atoms with Crippen molar-refractivity contribution in [3.05, 3.63) is 0 Å². The SMILES string of the molecule is [2H]N(CCN([2H])[C@@H](CS)C(=O)O)[C@@H](CS)C(=O)O. The lowest BCUT2D eigenvalue weighted by atomic mass is 10.3. The van der Waals surface area contributed by atoms with Crippen LogP contribution in [0.4, 0.5) is 0 Å². The molecular formula is C8H16N2O4S2. The number of hydrogen-bond acceptors (Lipinski definition) is 6. The Morgan fingerprint density at radius 1 is 1.06 bits per heavy atom. The van der Waals surface area contributed by atoms with Gasteiger partial charge in [-0.1, -0.05) is 0 Å². The molecule has 94 valence electrons. The zero-order chi connectivity index (χ0) is 14.3. The molecule has 0 aromatic carbocycles. The van der Waals surface area contributed by atoms with E-state index in [1.54, 1.807) is 0 Å². The molecule has 0 fully saturated rings. The first-order chi connectivity index (χ1) is 8.34.